The van der Waals surface area contributed by atoms with Gasteiger partial charge in [0.1, 0.15) is 72.1 Å². The van der Waals surface area contributed by atoms with E-state index in [2.05, 4.69) is 21.3 Å². The molecule has 0 aromatic heterocycles. The maximum absolute atomic E-state index is 15.5. The van der Waals surface area contributed by atoms with Gasteiger partial charge in [0.05, 0.1) is 38.1 Å². The number of amides is 12. The highest BCUT2D eigenvalue weighted by Gasteiger charge is 2.56. The summed E-state index contributed by atoms with van der Waals surface area (Å²) in [7, 11) is 10.6. The number of carbonyl (C=O) groups is 12. The van der Waals surface area contributed by atoms with Gasteiger partial charge in [-0.05, 0) is 133 Å². The highest BCUT2D eigenvalue weighted by atomic mass is 19.4. The van der Waals surface area contributed by atoms with E-state index < -0.39 is 236 Å². The molecule has 34 heteroatoms. The van der Waals surface area contributed by atoms with Crippen molar-refractivity contribution in [2.75, 3.05) is 95.8 Å². The third-order valence-electron chi connectivity index (χ3n) is 23.5. The van der Waals surface area contributed by atoms with Crippen molar-refractivity contribution in [3.63, 3.8) is 0 Å². The van der Waals surface area contributed by atoms with Crippen LogP contribution in [0.1, 0.15) is 168 Å². The van der Waals surface area contributed by atoms with E-state index in [1.807, 2.05) is 0 Å². The molecule has 3 aliphatic heterocycles. The second-order valence-corrected chi connectivity index (χ2v) is 30.9. The Kier molecular flexibility index (Phi) is 30.4. The highest BCUT2D eigenvalue weighted by molar-refractivity contribution is 6.01. The van der Waals surface area contributed by atoms with E-state index in [9.17, 15) is 55.1 Å². The summed E-state index contributed by atoms with van der Waals surface area (Å²) in [6.45, 7) is 2.74. The van der Waals surface area contributed by atoms with Crippen molar-refractivity contribution in [1.82, 2.24) is 60.5 Å². The molecule has 2 unspecified atom stereocenters. The molecule has 7 rings (SSSR count). The zero-order valence-corrected chi connectivity index (χ0v) is 63.1. The first-order valence-electron chi connectivity index (χ1n) is 37.6. The molecule has 7 fully saturated rings. The number of nitrogens with zero attached hydrogens (tertiary/aromatic N) is 8. The van der Waals surface area contributed by atoms with Crippen LogP contribution in [0.5, 0.6) is 0 Å². The molecular weight excluding hydrogens is 1410 g/mol. The maximum Gasteiger partial charge on any atom is 0.397 e. The molecule has 0 aromatic carbocycles. The van der Waals surface area contributed by atoms with Gasteiger partial charge in [-0.15, -0.1) is 0 Å². The highest BCUT2D eigenvalue weighted by Crippen LogP contribution is 2.46. The summed E-state index contributed by atoms with van der Waals surface area (Å²) in [5.74, 6) is -17.2. The fourth-order valence-electron chi connectivity index (χ4n) is 16.7. The lowest BCUT2D eigenvalue weighted by atomic mass is 9.74. The van der Waals surface area contributed by atoms with Crippen LogP contribution in [0.4, 0.5) is 35.1 Å². The van der Waals surface area contributed by atoms with E-state index in [4.69, 9.17) is 9.47 Å². The molecule has 26 nitrogen and oxygen atoms in total. The summed E-state index contributed by atoms with van der Waals surface area (Å²) >= 11 is 0. The zero-order chi connectivity index (χ0) is 78.6. The minimum Gasteiger partial charge on any atom is -0.382 e. The summed E-state index contributed by atoms with van der Waals surface area (Å²) in [6, 6.07) is -11.6. The van der Waals surface area contributed by atoms with E-state index in [-0.39, 0.29) is 83.9 Å². The Balaban J connectivity index is 1.31. The molecule has 4 N–H and O–H groups in total. The molecule has 12 atom stereocenters. The molecule has 7 aliphatic rings. The summed E-state index contributed by atoms with van der Waals surface area (Å²) < 4.78 is 126. The van der Waals surface area contributed by atoms with Gasteiger partial charge in [-0.2, -0.15) is 26.3 Å². The van der Waals surface area contributed by atoms with Crippen LogP contribution in [0, 0.1) is 35.5 Å². The van der Waals surface area contributed by atoms with Gasteiger partial charge in [0.25, 0.3) is 0 Å². The van der Waals surface area contributed by atoms with Crippen molar-refractivity contribution in [2.45, 2.75) is 253 Å². The molecule has 2 bridgehead atoms. The number of nitrogens with one attached hydrogen (secondary N) is 4. The van der Waals surface area contributed by atoms with Crippen molar-refractivity contribution >= 4 is 70.9 Å². The molecule has 106 heavy (non-hydrogen) atoms. The Hall–Kier alpha value is -7.00. The van der Waals surface area contributed by atoms with Gasteiger partial charge in [-0.1, -0.05) is 46.0 Å². The van der Waals surface area contributed by atoms with Crippen molar-refractivity contribution in [1.29, 1.82) is 0 Å². The number of rotatable bonds is 13. The Morgan fingerprint density at radius 2 is 1.27 bits per heavy atom. The second-order valence-electron chi connectivity index (χ2n) is 30.9. The lowest BCUT2D eigenvalue weighted by Crippen LogP contribution is -2.68. The minimum absolute atomic E-state index is 0.00295. The van der Waals surface area contributed by atoms with E-state index in [0.717, 1.165) is 24.5 Å². The summed E-state index contributed by atoms with van der Waals surface area (Å²) in [5, 5.41) is 10.8. The number of halogens is 8. The van der Waals surface area contributed by atoms with Gasteiger partial charge in [0.15, 0.2) is 0 Å². The number of hydrogen-bond donors (Lipinski definition) is 4. The monoisotopic (exact) mass is 1520 g/mol. The molecule has 0 radical (unpaired) electrons. The number of carbonyl (C=O) groups excluding carboxylic acids is 12. The van der Waals surface area contributed by atoms with Gasteiger partial charge in [-0.3, -0.25) is 57.5 Å². The zero-order valence-electron chi connectivity index (χ0n) is 63.1. The van der Waals surface area contributed by atoms with Crippen LogP contribution >= 0.6 is 0 Å². The fraction of sp³-hybridized carbons (Fsp3) is 0.833. The molecule has 3 heterocycles. The predicted molar refractivity (Wildman–Crippen MR) is 369 cm³/mol. The Bertz CT molecular complexity index is 3110. The summed E-state index contributed by atoms with van der Waals surface area (Å²) in [4.78, 5) is 188. The molecule has 3 saturated heterocycles. The van der Waals surface area contributed by atoms with Crippen LogP contribution in [0.3, 0.4) is 0 Å². The van der Waals surface area contributed by atoms with Crippen molar-refractivity contribution in [3.8, 4) is 0 Å². The van der Waals surface area contributed by atoms with Crippen LogP contribution in [0.15, 0.2) is 0 Å². The van der Waals surface area contributed by atoms with Crippen LogP contribution < -0.4 is 21.3 Å². The molecule has 1 spiro atoms. The van der Waals surface area contributed by atoms with Gasteiger partial charge >= 0.3 is 12.4 Å². The van der Waals surface area contributed by atoms with Gasteiger partial charge in [-0.25, -0.2) is 8.78 Å². The Morgan fingerprint density at radius 3 is 1.84 bits per heavy atom. The van der Waals surface area contributed by atoms with Crippen molar-refractivity contribution in [3.05, 3.63) is 0 Å². The lowest BCUT2D eigenvalue weighted by molar-refractivity contribution is -0.219. The van der Waals surface area contributed by atoms with Crippen molar-refractivity contribution < 1.29 is 102 Å². The van der Waals surface area contributed by atoms with Crippen LogP contribution in [-0.2, 0) is 67.0 Å². The lowest BCUT2D eigenvalue weighted by Gasteiger charge is -2.46. The second kappa shape index (κ2) is 37.4. The Labute approximate surface area is 615 Å². The summed E-state index contributed by atoms with van der Waals surface area (Å²) in [6.07, 6.45) is -15.5. The quantitative estimate of drug-likeness (QED) is 0.180. The third-order valence-corrected chi connectivity index (χ3v) is 23.5. The number of hydrogen-bond acceptors (Lipinski definition) is 14. The van der Waals surface area contributed by atoms with Crippen molar-refractivity contribution in [2.24, 2.45) is 35.5 Å². The van der Waals surface area contributed by atoms with Crippen LogP contribution in [0.25, 0.3) is 0 Å². The first-order chi connectivity index (χ1) is 49.8. The van der Waals surface area contributed by atoms with Crippen LogP contribution in [-0.4, -0.2) is 291 Å². The smallest absolute Gasteiger partial charge is 0.382 e. The first-order valence-corrected chi connectivity index (χ1v) is 37.6. The third kappa shape index (κ3) is 20.9. The van der Waals surface area contributed by atoms with E-state index in [0.29, 0.717) is 57.8 Å². The Morgan fingerprint density at radius 1 is 0.642 bits per heavy atom. The number of likely N-dealkylation sites (N-methyl/N-ethyl adjacent to an activating group) is 6. The summed E-state index contributed by atoms with van der Waals surface area (Å²) in [5.41, 5.74) is -1.70. The van der Waals surface area contributed by atoms with E-state index >= 15 is 37.5 Å². The van der Waals surface area contributed by atoms with Gasteiger partial charge in [0.2, 0.25) is 70.9 Å². The number of methoxy groups -OCH3 is 1. The average molecular weight is 1520 g/mol. The normalized spacial score (nSPS) is 32.0. The van der Waals surface area contributed by atoms with Gasteiger partial charge in [0, 0.05) is 82.6 Å². The average Bonchev–Trinajstić information content (AvgIpc) is 1.58. The molecule has 12 amide bonds. The first kappa shape index (κ1) is 86.2. The largest absolute Gasteiger partial charge is 0.397 e. The number of fused-ring (bicyclic) bond motifs is 3. The molecule has 4 saturated carbocycles. The molecule has 600 valence electrons. The molecule has 4 aliphatic carbocycles. The van der Waals surface area contributed by atoms with E-state index in [1.165, 1.54) is 71.1 Å². The molecular formula is C72H112F8N12O14. The van der Waals surface area contributed by atoms with E-state index in [1.54, 1.807) is 20.8 Å². The topological polar surface area (TPSA) is 297 Å². The minimum atomic E-state index is -5.22. The van der Waals surface area contributed by atoms with Crippen LogP contribution in [0.2, 0.25) is 0 Å². The standard InChI is InChI=1S/C72H112F8N12O14/c1-12-41(3)59-63(98)81-37-57(95)87(7)50-22-15-14-18-31-91(67(50)102)53(34-42-23-26-45(27-24-42)71(75,76)77)66(101)86(6)39-55(93)82-49(28-25-43-32-47(73)58(48(74)33-43)72(78,79)80)64(99)92-38-46(106-13-2)35-51(92)62(97)84-70(29-19-30-70)69(104)90(10)60(44-20-16-17-21-44)68(103)89(9)52(65(100)85(4)5)36-56(94)88(8)54(40-105-11)61(96)83-59/h41-54,58-60H,12-40H2,1-11H3,(H,81,98)(H,82,93)(H,83,96)(H,84,97)/t41-,42?,43?,45?,46+,47?,48?,49-,50-,51-,52-,53-,54-,58?,59-,60-/m0/s1. The SMILES string of the molecule is CCO[C@@H]1C[C@H]2C(=O)NC3(CCC3)C(=O)N(C)[C@@H](C3CCCC3)C(=O)N(C)[C@H](C(=O)N(C)C)CC(=O)N(C)[C@@H](COC)C(=O)N[C@@H]([C@@H](C)CC)C(=O)NCC(=O)N(C)[C@H]3CCCCCN(C3=O)[C@@H](CC3CCC(C(F)(F)F)CC3)C(=O)N(C)CC(=O)N[C@@H](CCC3CC(F)C(C(F)(F)F)C(F)C3)C(=O)N2C1. The molecule has 0 aromatic rings. The maximum atomic E-state index is 15.5. The number of alkyl halides is 8. The predicted octanol–water partition coefficient (Wildman–Crippen LogP) is 4.83. The van der Waals surface area contributed by atoms with Gasteiger partial charge < -0.3 is 69.9 Å². The number of ether oxygens (including phenoxy) is 2. The fourth-order valence-corrected chi connectivity index (χ4v) is 16.7.